The van der Waals surface area contributed by atoms with Crippen LogP contribution in [0.5, 0.6) is 5.75 Å². The minimum Gasteiger partial charge on any atom is -0.494 e. The Hall–Kier alpha value is -2.67. The first-order chi connectivity index (χ1) is 15.0. The summed E-state index contributed by atoms with van der Waals surface area (Å²) in [7, 11) is -3.55. The maximum atomic E-state index is 13.2. The molecule has 0 amide bonds. The summed E-state index contributed by atoms with van der Waals surface area (Å²) >= 11 is 0. The van der Waals surface area contributed by atoms with Gasteiger partial charge in [0, 0.05) is 30.6 Å². The molecule has 0 fully saturated rings. The number of rotatable bonds is 9. The maximum absolute atomic E-state index is 13.2. The van der Waals surface area contributed by atoms with Crippen LogP contribution in [-0.2, 0) is 19.8 Å². The number of halogens is 3. The highest BCUT2D eigenvalue weighted by Gasteiger charge is 2.26. The molecule has 0 saturated carbocycles. The van der Waals surface area contributed by atoms with Gasteiger partial charge in [-0.15, -0.1) is 10.2 Å². The van der Waals surface area contributed by atoms with E-state index in [9.17, 15) is 17.5 Å². The van der Waals surface area contributed by atoms with Gasteiger partial charge in [-0.2, -0.15) is 13.1 Å². The summed E-state index contributed by atoms with van der Waals surface area (Å²) < 4.78 is 68.2. The van der Waals surface area contributed by atoms with Crippen molar-refractivity contribution in [2.24, 2.45) is 14.6 Å². The Balaban J connectivity index is 2.68. The van der Waals surface area contributed by atoms with Crippen LogP contribution in [0.25, 0.3) is 0 Å². The number of benzene rings is 1. The van der Waals surface area contributed by atoms with Crippen LogP contribution in [-0.4, -0.2) is 35.3 Å². The van der Waals surface area contributed by atoms with Crippen molar-refractivity contribution in [3.05, 3.63) is 24.0 Å². The molecule has 32 heavy (non-hydrogen) atoms. The molecule has 1 heterocycles. The van der Waals surface area contributed by atoms with Crippen molar-refractivity contribution >= 4 is 32.9 Å². The monoisotopic (exact) mass is 477 g/mol. The zero-order chi connectivity index (χ0) is 24.1. The number of methoxy groups -OCH3 is 1. The zero-order valence-electron chi connectivity index (χ0n) is 18.6. The number of anilines is 1. The van der Waals surface area contributed by atoms with E-state index in [1.807, 2.05) is 39.5 Å². The smallest absolute Gasteiger partial charge is 0.345 e. The van der Waals surface area contributed by atoms with Gasteiger partial charge in [0.25, 0.3) is 10.0 Å². The van der Waals surface area contributed by atoms with Crippen LogP contribution in [0, 0.1) is 0 Å². The molecule has 1 aromatic heterocycles. The van der Waals surface area contributed by atoms with Crippen LogP contribution in [0.2, 0.25) is 0 Å². The molecule has 1 aromatic carbocycles. The molecule has 0 aliphatic carbocycles. The lowest BCUT2D eigenvalue weighted by Gasteiger charge is -2.24. The summed E-state index contributed by atoms with van der Waals surface area (Å²) in [6.07, 6.45) is 0. The SMILES string of the molecule is CCN(CC)c1cc(N=S(=O)(OF)C(F)F)c(N=Nc2cc(C(C)(C)C)on2)cc1OC. The van der Waals surface area contributed by atoms with E-state index in [1.165, 1.54) is 19.2 Å². The first-order valence-electron chi connectivity index (χ1n) is 9.69. The highest BCUT2D eigenvalue weighted by atomic mass is 32.2. The number of alkyl halides is 2. The van der Waals surface area contributed by atoms with Crippen LogP contribution in [0.15, 0.2) is 37.3 Å². The maximum Gasteiger partial charge on any atom is 0.345 e. The minimum atomic E-state index is -4.96. The number of nitrogens with zero attached hydrogens (tertiary/aromatic N) is 5. The molecule has 9 nitrogen and oxygen atoms in total. The summed E-state index contributed by atoms with van der Waals surface area (Å²) in [6.45, 7) is 10.6. The molecule has 2 rings (SSSR count). The lowest BCUT2D eigenvalue weighted by Crippen LogP contribution is -2.22. The molecular weight excluding hydrogens is 451 g/mol. The highest BCUT2D eigenvalue weighted by molar-refractivity contribution is 7.89. The molecule has 1 atom stereocenters. The van der Waals surface area contributed by atoms with Crippen molar-refractivity contribution in [3.8, 4) is 5.75 Å². The summed E-state index contributed by atoms with van der Waals surface area (Å²) in [5.74, 6) is -2.69. The first kappa shape index (κ1) is 25.6. The number of hydrogen-bond donors (Lipinski definition) is 0. The van der Waals surface area contributed by atoms with E-state index in [-0.39, 0.29) is 22.6 Å². The summed E-state index contributed by atoms with van der Waals surface area (Å²) in [5.41, 5.74) is -0.291. The largest absolute Gasteiger partial charge is 0.494 e. The van der Waals surface area contributed by atoms with E-state index in [1.54, 1.807) is 6.07 Å². The van der Waals surface area contributed by atoms with Gasteiger partial charge in [0.1, 0.15) is 22.9 Å². The van der Waals surface area contributed by atoms with E-state index in [2.05, 4.69) is 24.1 Å². The Bertz CT molecular complexity index is 1070. The highest BCUT2D eigenvalue weighted by Crippen LogP contribution is 2.42. The zero-order valence-corrected chi connectivity index (χ0v) is 19.5. The normalized spacial score (nSPS) is 14.1. The van der Waals surface area contributed by atoms with E-state index >= 15 is 0 Å². The summed E-state index contributed by atoms with van der Waals surface area (Å²) in [5, 5.41) is 11.7. The van der Waals surface area contributed by atoms with Gasteiger partial charge in [0.15, 0.2) is 0 Å². The Kier molecular flexibility index (Phi) is 8.24. The number of ether oxygens (including phenoxy) is 1. The minimum absolute atomic E-state index is 0.108. The number of aromatic nitrogens is 1. The van der Waals surface area contributed by atoms with Crippen molar-refractivity contribution in [2.45, 2.75) is 45.8 Å². The third kappa shape index (κ3) is 5.76. The lowest BCUT2D eigenvalue weighted by atomic mass is 9.93. The fourth-order valence-electron chi connectivity index (χ4n) is 2.66. The number of azo groups is 1. The topological polar surface area (TPSA) is 102 Å². The van der Waals surface area contributed by atoms with Gasteiger partial charge in [0.05, 0.1) is 12.8 Å². The molecule has 0 aliphatic rings. The van der Waals surface area contributed by atoms with Crippen molar-refractivity contribution < 1.29 is 31.2 Å². The Labute approximate surface area is 184 Å². The van der Waals surface area contributed by atoms with Crippen molar-refractivity contribution in [2.75, 3.05) is 25.1 Å². The Morgan fingerprint density at radius 3 is 2.28 bits per heavy atom. The van der Waals surface area contributed by atoms with Crippen LogP contribution >= 0.6 is 0 Å². The molecule has 0 bridgehead atoms. The van der Waals surface area contributed by atoms with Gasteiger partial charge in [-0.3, -0.25) is 0 Å². The van der Waals surface area contributed by atoms with Crippen molar-refractivity contribution in [3.63, 3.8) is 0 Å². The standard InChI is InChI=1S/C19H26F3N5O4S/c1-7-27(8-2)14-9-13(26-32(28,31-22)18(20)21)12(10-15(14)29-6)23-24-17-11-16(30-25-17)19(3,4)5/h9-11,18H,7-8H2,1-6H3. The van der Waals surface area contributed by atoms with Gasteiger partial charge in [0.2, 0.25) is 5.82 Å². The second-order valence-corrected chi connectivity index (χ2v) is 9.31. The molecule has 2 aromatic rings. The van der Waals surface area contributed by atoms with Crippen LogP contribution < -0.4 is 9.64 Å². The van der Waals surface area contributed by atoms with Crippen molar-refractivity contribution in [1.29, 1.82) is 0 Å². The molecule has 0 spiro atoms. The molecule has 0 radical (unpaired) electrons. The van der Waals surface area contributed by atoms with Crippen LogP contribution in [0.4, 0.5) is 36.2 Å². The van der Waals surface area contributed by atoms with Crippen LogP contribution in [0.3, 0.4) is 0 Å². The van der Waals surface area contributed by atoms with E-state index in [0.29, 0.717) is 30.3 Å². The Morgan fingerprint density at radius 2 is 1.81 bits per heavy atom. The molecule has 0 saturated heterocycles. The number of hydrogen-bond acceptors (Lipinski definition) is 9. The molecular formula is C19H26F3N5O4S. The lowest BCUT2D eigenvalue weighted by molar-refractivity contribution is -0.000950. The molecule has 178 valence electrons. The van der Waals surface area contributed by atoms with E-state index < -0.39 is 15.8 Å². The van der Waals surface area contributed by atoms with Gasteiger partial charge in [-0.25, -0.2) is 4.21 Å². The second kappa shape index (κ2) is 10.3. The molecule has 1 unspecified atom stereocenters. The second-order valence-electron chi connectivity index (χ2n) is 7.61. The van der Waals surface area contributed by atoms with Crippen molar-refractivity contribution in [1.82, 2.24) is 5.16 Å². The Morgan fingerprint density at radius 1 is 1.16 bits per heavy atom. The summed E-state index contributed by atoms with van der Waals surface area (Å²) in [6, 6.07) is 4.24. The van der Waals surface area contributed by atoms with Gasteiger partial charge in [-0.05, 0) is 24.4 Å². The average Bonchev–Trinajstić information content (AvgIpc) is 3.23. The van der Waals surface area contributed by atoms with Crippen LogP contribution in [0.1, 0.15) is 40.4 Å². The predicted octanol–water partition coefficient (Wildman–Crippen LogP) is 6.38. The molecule has 0 N–H and O–H groups in total. The van der Waals surface area contributed by atoms with E-state index in [4.69, 9.17) is 9.26 Å². The van der Waals surface area contributed by atoms with Gasteiger partial charge in [-0.1, -0.05) is 30.3 Å². The van der Waals surface area contributed by atoms with Gasteiger partial charge < -0.3 is 14.2 Å². The molecule has 0 aliphatic heterocycles. The summed E-state index contributed by atoms with van der Waals surface area (Å²) in [4.78, 5) is 1.84. The van der Waals surface area contributed by atoms with Gasteiger partial charge >= 0.3 is 5.76 Å². The quantitative estimate of drug-likeness (QED) is 0.388. The average molecular weight is 478 g/mol. The van der Waals surface area contributed by atoms with E-state index in [0.717, 1.165) is 0 Å². The predicted molar refractivity (Wildman–Crippen MR) is 114 cm³/mol. The fourth-order valence-corrected chi connectivity index (χ4v) is 3.25. The fraction of sp³-hybridized carbons (Fsp3) is 0.526. The first-order valence-corrected chi connectivity index (χ1v) is 11.2. The third-order valence-corrected chi connectivity index (χ3v) is 5.50. The molecule has 13 heteroatoms. The third-order valence-electron chi connectivity index (χ3n) is 4.42.